The molecule has 4 unspecified atom stereocenters. The lowest BCUT2D eigenvalue weighted by molar-refractivity contribution is -0.140. The van der Waals surface area contributed by atoms with E-state index in [1.807, 2.05) is 37.6 Å². The summed E-state index contributed by atoms with van der Waals surface area (Å²) >= 11 is 1.29. The number of rotatable bonds is 44. The highest BCUT2D eigenvalue weighted by atomic mass is 32.1. The summed E-state index contributed by atoms with van der Waals surface area (Å²) in [5.41, 5.74) is 5.52. The SMILES string of the molecule is CCCCN(C)CC(=O)NC(CCC)C(=O)N(CCC)C(CC(OCCC)c1nc(C(=O)NC(CCC(=O)NNC(=O)OCCOCCOCCOCCNC(=O)CCCCCN2C(=O)C=CC2=O)Cc2ccc(O)cc2)cs1)C(C)C. The first kappa shape index (κ1) is 70.2. The largest absolute Gasteiger partial charge is 0.508 e. The molecule has 0 fully saturated rings. The topological polar surface area (TPSA) is 286 Å². The van der Waals surface area contributed by atoms with Gasteiger partial charge in [-0.3, -0.25) is 48.8 Å². The predicted molar refractivity (Wildman–Crippen MR) is 310 cm³/mol. The van der Waals surface area contributed by atoms with Gasteiger partial charge in [0.05, 0.1) is 46.2 Å². The molecule has 1 aliphatic rings. The van der Waals surface area contributed by atoms with Crippen LogP contribution < -0.4 is 26.8 Å². The number of phenols is 1. The molecule has 460 valence electrons. The number of amides is 8. The molecule has 1 aromatic carbocycles. The molecule has 1 aromatic heterocycles. The van der Waals surface area contributed by atoms with Crippen LogP contribution in [0.15, 0.2) is 41.8 Å². The van der Waals surface area contributed by atoms with Crippen molar-refractivity contribution in [2.45, 2.75) is 156 Å². The molecule has 3 rings (SSSR count). The number of carbonyl (C=O) groups excluding carboxylic acids is 8. The minimum Gasteiger partial charge on any atom is -0.508 e. The van der Waals surface area contributed by atoms with Gasteiger partial charge < -0.3 is 49.6 Å². The number of aromatic hydroxyl groups is 1. The van der Waals surface area contributed by atoms with Crippen molar-refractivity contribution < 1.29 is 67.1 Å². The Morgan fingerprint density at radius 2 is 1.40 bits per heavy atom. The van der Waals surface area contributed by atoms with Gasteiger partial charge in [0.15, 0.2) is 0 Å². The van der Waals surface area contributed by atoms with E-state index in [-0.39, 0.29) is 98.8 Å². The maximum Gasteiger partial charge on any atom is 0.426 e. The van der Waals surface area contributed by atoms with Crippen molar-refractivity contribution in [3.05, 3.63) is 58.1 Å². The van der Waals surface area contributed by atoms with E-state index in [2.05, 4.69) is 47.6 Å². The molecular weight excluding hydrogens is 1080 g/mol. The molecule has 0 saturated carbocycles. The summed E-state index contributed by atoms with van der Waals surface area (Å²) in [6.07, 6.45) is 8.93. The Hall–Kier alpha value is -6.05. The molecule has 4 atom stereocenters. The number of ether oxygens (including phenoxy) is 5. The van der Waals surface area contributed by atoms with E-state index in [1.165, 1.54) is 40.5 Å². The number of nitrogens with zero attached hydrogens (tertiary/aromatic N) is 4. The second-order valence-electron chi connectivity index (χ2n) is 20.6. The Labute approximate surface area is 488 Å². The molecule has 0 bridgehead atoms. The standard InChI is InChI=1S/C58H93N9O14S/c1-8-12-28-65(7)40-52(71)61-46(16-9-2)57(75)66(27-10-3)48(42(5)6)39-49(80-30-11-4)56-62-47(41-82-56)55(74)60-44(38-43-18-21-45(68)22-19-43)20-23-51(70)63-64-58(76)81-37-36-79-35-34-78-33-32-77-31-26-59-50(69)17-14-13-15-29-67-53(72)24-25-54(67)73/h18-19,21-22,24-25,41-42,44,46,48-49,68H,8-17,20,23,26-40H2,1-7H3,(H,59,69)(H,60,74)(H,61,71)(H,63,70)(H,64,76). The van der Waals surface area contributed by atoms with Gasteiger partial charge in [0.25, 0.3) is 17.7 Å². The van der Waals surface area contributed by atoms with Crippen molar-refractivity contribution >= 4 is 58.8 Å². The lowest BCUT2D eigenvalue weighted by Crippen LogP contribution is -2.54. The van der Waals surface area contributed by atoms with E-state index in [0.717, 1.165) is 37.8 Å². The summed E-state index contributed by atoms with van der Waals surface area (Å²) < 4.78 is 27.9. The highest BCUT2D eigenvalue weighted by Gasteiger charge is 2.35. The lowest BCUT2D eigenvalue weighted by atomic mass is 9.94. The average Bonchev–Trinajstić information content (AvgIpc) is 4.11. The Kier molecular flexibility index (Phi) is 35.1. The van der Waals surface area contributed by atoms with Crippen molar-refractivity contribution in [2.75, 3.05) is 92.6 Å². The average molecular weight is 1170 g/mol. The number of hydrazine groups is 1. The molecule has 6 N–H and O–H groups in total. The normalized spacial score (nSPS) is 13.7. The molecule has 2 heterocycles. The van der Waals surface area contributed by atoms with E-state index >= 15 is 0 Å². The molecule has 0 spiro atoms. The quantitative estimate of drug-likeness (QED) is 0.0271. The Morgan fingerprint density at radius 3 is 2.05 bits per heavy atom. The Balaban J connectivity index is 1.43. The molecule has 23 nitrogen and oxygen atoms in total. The summed E-state index contributed by atoms with van der Waals surface area (Å²) in [6, 6.07) is 5.03. The fourth-order valence-electron chi connectivity index (χ4n) is 8.83. The van der Waals surface area contributed by atoms with Crippen molar-refractivity contribution in [2.24, 2.45) is 5.92 Å². The van der Waals surface area contributed by atoms with Crippen molar-refractivity contribution in [3.8, 4) is 5.75 Å². The number of aromatic nitrogens is 1. The Morgan fingerprint density at radius 1 is 0.720 bits per heavy atom. The molecule has 0 radical (unpaired) electrons. The molecule has 1 aliphatic heterocycles. The summed E-state index contributed by atoms with van der Waals surface area (Å²) in [7, 11) is 1.91. The van der Waals surface area contributed by atoms with Gasteiger partial charge in [-0.2, -0.15) is 0 Å². The summed E-state index contributed by atoms with van der Waals surface area (Å²) in [5, 5.41) is 21.0. The van der Waals surface area contributed by atoms with Crippen LogP contribution in [0.1, 0.15) is 152 Å². The van der Waals surface area contributed by atoms with Crippen LogP contribution in [0.25, 0.3) is 0 Å². The zero-order chi connectivity index (χ0) is 60.1. The smallest absolute Gasteiger partial charge is 0.426 e. The van der Waals surface area contributed by atoms with Gasteiger partial charge in [0.2, 0.25) is 23.6 Å². The number of nitrogens with one attached hydrogen (secondary N) is 5. The zero-order valence-corrected chi connectivity index (χ0v) is 50.3. The number of likely N-dealkylation sites (N-methyl/N-ethyl adjacent to an activating group) is 1. The zero-order valence-electron chi connectivity index (χ0n) is 49.5. The number of thiazole rings is 1. The van der Waals surface area contributed by atoms with Crippen LogP contribution in [0.4, 0.5) is 4.79 Å². The number of imide groups is 1. The third-order valence-electron chi connectivity index (χ3n) is 13.2. The third-order valence-corrected chi connectivity index (χ3v) is 14.1. The van der Waals surface area contributed by atoms with Crippen LogP contribution in [-0.4, -0.2) is 183 Å². The summed E-state index contributed by atoms with van der Waals surface area (Å²) in [4.78, 5) is 112. The predicted octanol–water partition coefficient (Wildman–Crippen LogP) is 5.52. The fourth-order valence-corrected chi connectivity index (χ4v) is 9.69. The van der Waals surface area contributed by atoms with E-state index in [9.17, 15) is 43.5 Å². The first-order valence-electron chi connectivity index (χ1n) is 29.2. The monoisotopic (exact) mass is 1170 g/mol. The van der Waals surface area contributed by atoms with E-state index < -0.39 is 36.1 Å². The maximum atomic E-state index is 14.5. The molecular formula is C58H93N9O14S. The summed E-state index contributed by atoms with van der Waals surface area (Å²) in [5.74, 6) is -1.90. The number of unbranched alkanes of at least 4 members (excludes halogenated alkanes) is 3. The van der Waals surface area contributed by atoms with Gasteiger partial charge in [-0.15, -0.1) is 11.3 Å². The maximum absolute atomic E-state index is 14.5. The highest BCUT2D eigenvalue weighted by Crippen LogP contribution is 2.31. The number of carbonyl (C=O) groups is 8. The minimum atomic E-state index is -0.894. The van der Waals surface area contributed by atoms with Gasteiger partial charge in [0, 0.05) is 75.1 Å². The number of benzene rings is 1. The van der Waals surface area contributed by atoms with E-state index in [0.29, 0.717) is 102 Å². The minimum absolute atomic E-state index is 0.0192. The van der Waals surface area contributed by atoms with E-state index in [1.54, 1.807) is 17.5 Å². The number of hydrogen-bond donors (Lipinski definition) is 6. The summed E-state index contributed by atoms with van der Waals surface area (Å²) in [6.45, 7) is 16.3. The van der Waals surface area contributed by atoms with Crippen LogP contribution in [-0.2, 0) is 58.9 Å². The molecule has 24 heteroatoms. The molecule has 8 amide bonds. The van der Waals surface area contributed by atoms with Crippen LogP contribution in [0.5, 0.6) is 5.75 Å². The van der Waals surface area contributed by atoms with Crippen LogP contribution in [0.2, 0.25) is 0 Å². The fraction of sp³-hybridized carbons (Fsp3) is 0.672. The molecule has 2 aromatic rings. The van der Waals surface area contributed by atoms with Gasteiger partial charge in [-0.1, -0.05) is 72.9 Å². The van der Waals surface area contributed by atoms with Gasteiger partial charge in [-0.25, -0.2) is 15.2 Å². The van der Waals surface area contributed by atoms with Crippen LogP contribution in [0.3, 0.4) is 0 Å². The highest BCUT2D eigenvalue weighted by molar-refractivity contribution is 7.09. The van der Waals surface area contributed by atoms with Gasteiger partial charge >= 0.3 is 6.09 Å². The second kappa shape index (κ2) is 41.0. The molecule has 82 heavy (non-hydrogen) atoms. The molecule has 0 saturated heterocycles. The third kappa shape index (κ3) is 28.3. The van der Waals surface area contributed by atoms with Gasteiger partial charge in [0.1, 0.15) is 35.2 Å². The molecule has 0 aliphatic carbocycles. The van der Waals surface area contributed by atoms with Crippen molar-refractivity contribution in [3.63, 3.8) is 0 Å². The second-order valence-corrected chi connectivity index (χ2v) is 21.4. The first-order valence-corrected chi connectivity index (χ1v) is 30.1. The Bertz CT molecular complexity index is 2250. The van der Waals surface area contributed by atoms with Crippen LogP contribution in [0, 0.1) is 5.92 Å². The van der Waals surface area contributed by atoms with Crippen LogP contribution >= 0.6 is 11.3 Å². The van der Waals surface area contributed by atoms with Gasteiger partial charge in [-0.05, 0) is 88.6 Å². The van der Waals surface area contributed by atoms with Crippen molar-refractivity contribution in [1.82, 2.24) is 46.5 Å². The number of hydrogen-bond acceptors (Lipinski definition) is 17. The lowest BCUT2D eigenvalue weighted by Gasteiger charge is -2.38. The first-order chi connectivity index (χ1) is 39.5. The number of phenolic OH excluding ortho intramolecular Hbond substituents is 1. The van der Waals surface area contributed by atoms with E-state index in [4.69, 9.17) is 28.7 Å². The van der Waals surface area contributed by atoms with Crippen molar-refractivity contribution in [1.29, 1.82) is 0 Å².